The zero-order valence-electron chi connectivity index (χ0n) is 20.9. The van der Waals surface area contributed by atoms with Gasteiger partial charge in [-0.3, -0.25) is 9.63 Å². The van der Waals surface area contributed by atoms with Crippen LogP contribution in [0.2, 0.25) is 0 Å². The predicted octanol–water partition coefficient (Wildman–Crippen LogP) is 4.54. The van der Waals surface area contributed by atoms with E-state index in [2.05, 4.69) is 5.32 Å². The number of sulfonamides is 1. The van der Waals surface area contributed by atoms with Crippen LogP contribution in [0.5, 0.6) is 11.5 Å². The maximum absolute atomic E-state index is 13.4. The molecule has 0 aliphatic carbocycles. The van der Waals surface area contributed by atoms with Crippen LogP contribution < -0.4 is 14.8 Å². The molecule has 0 aliphatic heterocycles. The van der Waals surface area contributed by atoms with Crippen molar-refractivity contribution in [2.24, 2.45) is 0 Å². The van der Waals surface area contributed by atoms with E-state index in [0.29, 0.717) is 12.3 Å². The summed E-state index contributed by atoms with van der Waals surface area (Å²) in [6.45, 7) is 7.34. The molecule has 2 N–H and O–H groups in total. The molecule has 0 radical (unpaired) electrons. The van der Waals surface area contributed by atoms with Gasteiger partial charge < -0.3 is 14.8 Å². The van der Waals surface area contributed by atoms with Gasteiger partial charge in [-0.05, 0) is 51.5 Å². The molecule has 10 nitrogen and oxygen atoms in total. The maximum Gasteiger partial charge on any atom is 0.421 e. The number of rotatable bonds is 10. The molecule has 0 fully saturated rings. The van der Waals surface area contributed by atoms with E-state index < -0.39 is 32.5 Å². The van der Waals surface area contributed by atoms with Crippen LogP contribution in [0.4, 0.5) is 10.5 Å². The molecule has 192 valence electrons. The van der Waals surface area contributed by atoms with E-state index in [-0.39, 0.29) is 17.0 Å². The Morgan fingerprint density at radius 2 is 1.74 bits per heavy atom. The van der Waals surface area contributed by atoms with Gasteiger partial charge in [0.1, 0.15) is 16.2 Å². The fraction of sp³-hybridized carbons (Fsp3) is 0.417. The van der Waals surface area contributed by atoms with Crippen LogP contribution in [-0.2, 0) is 19.6 Å². The van der Waals surface area contributed by atoms with E-state index >= 15 is 0 Å². The van der Waals surface area contributed by atoms with E-state index in [0.717, 1.165) is 24.0 Å². The van der Waals surface area contributed by atoms with Gasteiger partial charge in [0.05, 0.1) is 12.8 Å². The van der Waals surface area contributed by atoms with Crippen molar-refractivity contribution in [1.82, 2.24) is 9.79 Å². The Balaban J connectivity index is 2.68. The molecular formula is C24H33N3O7S. The van der Waals surface area contributed by atoms with Crippen molar-refractivity contribution in [3.63, 3.8) is 0 Å². The first-order chi connectivity index (χ1) is 16.4. The van der Waals surface area contributed by atoms with Gasteiger partial charge in [-0.2, -0.15) is 0 Å². The lowest BCUT2D eigenvalue weighted by Crippen LogP contribution is -2.36. The van der Waals surface area contributed by atoms with Gasteiger partial charge in [0.25, 0.3) is 15.9 Å². The van der Waals surface area contributed by atoms with Crippen molar-refractivity contribution in [2.45, 2.75) is 51.0 Å². The number of nitrogens with one attached hydrogen (secondary N) is 2. The highest BCUT2D eigenvalue weighted by Crippen LogP contribution is 2.38. The van der Waals surface area contributed by atoms with Crippen LogP contribution in [0.3, 0.4) is 0 Å². The Morgan fingerprint density at radius 3 is 2.31 bits per heavy atom. The number of benzene rings is 2. The minimum absolute atomic E-state index is 0.0123. The van der Waals surface area contributed by atoms with Gasteiger partial charge in [0.15, 0.2) is 5.75 Å². The summed E-state index contributed by atoms with van der Waals surface area (Å²) in [5, 5.41) is 4.10. The van der Waals surface area contributed by atoms with Gasteiger partial charge in [-0.15, -0.1) is 0 Å². The largest absolute Gasteiger partial charge is 0.454 e. The number of ether oxygens (including phenoxy) is 2. The van der Waals surface area contributed by atoms with Crippen LogP contribution in [0.1, 0.15) is 50.9 Å². The van der Waals surface area contributed by atoms with Gasteiger partial charge in [-0.25, -0.2) is 23.0 Å². The normalized spacial score (nSPS) is 11.5. The molecule has 2 amide bonds. The van der Waals surface area contributed by atoms with Crippen LogP contribution >= 0.6 is 0 Å². The van der Waals surface area contributed by atoms with Crippen molar-refractivity contribution >= 4 is 27.7 Å². The second-order valence-corrected chi connectivity index (χ2v) is 10.3. The van der Waals surface area contributed by atoms with Crippen LogP contribution in [0.15, 0.2) is 47.4 Å². The zero-order chi connectivity index (χ0) is 26.2. The van der Waals surface area contributed by atoms with E-state index in [1.165, 1.54) is 20.2 Å². The Kier molecular flexibility index (Phi) is 9.49. The van der Waals surface area contributed by atoms with E-state index in [1.807, 2.05) is 11.6 Å². The molecule has 0 aromatic heterocycles. The van der Waals surface area contributed by atoms with Crippen molar-refractivity contribution in [3.8, 4) is 11.5 Å². The first kappa shape index (κ1) is 27.9. The molecular weight excluding hydrogens is 474 g/mol. The number of hydrogen-bond donors (Lipinski definition) is 2. The third-order valence-corrected chi connectivity index (χ3v) is 5.89. The summed E-state index contributed by atoms with van der Waals surface area (Å²) in [6, 6.07) is 11.2. The number of nitrogens with zero attached hydrogens (tertiary/aromatic N) is 1. The standard InChI is InChI=1S/C24H33N3O7S/c1-7-8-14-25-19-15-17(22(28)27(5)32-6)16-20(21(19)33-18-12-10-9-11-13-18)35(30,31)26-23(29)34-24(2,3)4/h9-13,15-16,25H,7-8,14H2,1-6H3,(H,26,29). The van der Waals surface area contributed by atoms with Gasteiger partial charge >= 0.3 is 6.09 Å². The third kappa shape index (κ3) is 8.15. The number of carbonyl (C=O) groups excluding carboxylic acids is 2. The molecule has 2 aromatic carbocycles. The Bertz CT molecular complexity index is 1130. The minimum atomic E-state index is -4.53. The summed E-state index contributed by atoms with van der Waals surface area (Å²) in [5.74, 6) is -0.293. The molecule has 0 unspecified atom stereocenters. The fourth-order valence-electron chi connectivity index (χ4n) is 2.90. The molecule has 0 saturated carbocycles. The number of unbranched alkanes of at least 4 members (excludes halogenated alkanes) is 1. The summed E-state index contributed by atoms with van der Waals surface area (Å²) in [4.78, 5) is 29.7. The SMILES string of the molecule is CCCCNc1cc(C(=O)N(C)OC)cc(S(=O)(=O)NC(=O)OC(C)(C)C)c1Oc1ccccc1. The first-order valence-corrected chi connectivity index (χ1v) is 12.6. The van der Waals surface area contributed by atoms with Crippen LogP contribution in [0.25, 0.3) is 0 Å². The van der Waals surface area contributed by atoms with E-state index in [1.54, 1.807) is 51.1 Å². The average molecular weight is 508 g/mol. The second kappa shape index (κ2) is 11.9. The summed E-state index contributed by atoms with van der Waals surface area (Å²) >= 11 is 0. The third-order valence-electron chi connectivity index (χ3n) is 4.58. The highest BCUT2D eigenvalue weighted by Gasteiger charge is 2.30. The number of para-hydroxylation sites is 1. The molecule has 0 heterocycles. The van der Waals surface area contributed by atoms with Crippen molar-refractivity contribution in [3.05, 3.63) is 48.0 Å². The first-order valence-electron chi connectivity index (χ1n) is 11.1. The van der Waals surface area contributed by atoms with Crippen molar-refractivity contribution in [1.29, 1.82) is 0 Å². The number of anilines is 1. The maximum atomic E-state index is 13.4. The number of hydrogen-bond acceptors (Lipinski definition) is 8. The highest BCUT2D eigenvalue weighted by molar-refractivity contribution is 7.90. The van der Waals surface area contributed by atoms with Crippen molar-refractivity contribution < 1.29 is 32.3 Å². The molecule has 0 aliphatic rings. The Labute approximate surface area is 206 Å². The molecule has 2 aromatic rings. The summed E-state index contributed by atoms with van der Waals surface area (Å²) in [5.41, 5.74) is -0.644. The quantitative estimate of drug-likeness (QED) is 0.355. The van der Waals surface area contributed by atoms with Crippen molar-refractivity contribution in [2.75, 3.05) is 26.0 Å². The lowest BCUT2D eigenvalue weighted by Gasteiger charge is -2.22. The second-order valence-electron chi connectivity index (χ2n) is 8.64. The zero-order valence-corrected chi connectivity index (χ0v) is 21.7. The molecule has 0 spiro atoms. The summed E-state index contributed by atoms with van der Waals surface area (Å²) < 4.78 is 39.7. The molecule has 0 bridgehead atoms. The molecule has 2 rings (SSSR count). The van der Waals surface area contributed by atoms with E-state index in [4.69, 9.17) is 14.3 Å². The Hall–Kier alpha value is -3.31. The summed E-state index contributed by atoms with van der Waals surface area (Å²) in [7, 11) is -1.82. The Morgan fingerprint density at radius 1 is 1.09 bits per heavy atom. The van der Waals surface area contributed by atoms with Crippen LogP contribution in [0, 0.1) is 0 Å². The van der Waals surface area contributed by atoms with Gasteiger partial charge in [0.2, 0.25) is 0 Å². The average Bonchev–Trinajstić information content (AvgIpc) is 2.77. The smallest absolute Gasteiger partial charge is 0.421 e. The molecule has 0 atom stereocenters. The monoisotopic (exact) mass is 507 g/mol. The minimum Gasteiger partial charge on any atom is -0.454 e. The topological polar surface area (TPSA) is 123 Å². The number of carbonyl (C=O) groups is 2. The highest BCUT2D eigenvalue weighted by atomic mass is 32.2. The van der Waals surface area contributed by atoms with Crippen LogP contribution in [-0.4, -0.2) is 51.8 Å². The molecule has 0 saturated heterocycles. The van der Waals surface area contributed by atoms with Gasteiger partial charge in [-0.1, -0.05) is 31.5 Å². The number of amides is 2. The summed E-state index contributed by atoms with van der Waals surface area (Å²) in [6.07, 6.45) is 0.520. The number of hydroxylamine groups is 2. The lowest BCUT2D eigenvalue weighted by molar-refractivity contribution is -0.0757. The molecule has 11 heteroatoms. The molecule has 35 heavy (non-hydrogen) atoms. The lowest BCUT2D eigenvalue weighted by atomic mass is 10.1. The van der Waals surface area contributed by atoms with E-state index in [9.17, 15) is 18.0 Å². The fourth-order valence-corrected chi connectivity index (χ4v) is 3.95. The van der Waals surface area contributed by atoms with Gasteiger partial charge in [0, 0.05) is 19.2 Å². The predicted molar refractivity (Wildman–Crippen MR) is 132 cm³/mol.